The van der Waals surface area contributed by atoms with Crippen LogP contribution in [-0.2, 0) is 4.79 Å². The van der Waals surface area contributed by atoms with Crippen LogP contribution in [0.2, 0.25) is 5.02 Å². The van der Waals surface area contributed by atoms with E-state index in [-0.39, 0.29) is 17.2 Å². The zero-order valence-electron chi connectivity index (χ0n) is 11.1. The van der Waals surface area contributed by atoms with Gasteiger partial charge in [-0.2, -0.15) is 0 Å². The fourth-order valence-corrected chi connectivity index (χ4v) is 2.64. The minimum Gasteiger partial charge on any atom is -0.353 e. The van der Waals surface area contributed by atoms with E-state index in [4.69, 9.17) is 11.6 Å². The van der Waals surface area contributed by atoms with Gasteiger partial charge in [-0.3, -0.25) is 4.79 Å². The fourth-order valence-electron chi connectivity index (χ4n) is 1.64. The van der Waals surface area contributed by atoms with E-state index in [1.807, 2.05) is 38.1 Å². The van der Waals surface area contributed by atoms with Crippen molar-refractivity contribution in [3.8, 4) is 0 Å². The van der Waals surface area contributed by atoms with Gasteiger partial charge in [-0.15, -0.1) is 11.8 Å². The van der Waals surface area contributed by atoms with Gasteiger partial charge in [-0.1, -0.05) is 24.9 Å². The average Bonchev–Trinajstić information content (AvgIpc) is 2.32. The van der Waals surface area contributed by atoms with E-state index in [0.29, 0.717) is 5.02 Å². The molecule has 0 heterocycles. The van der Waals surface area contributed by atoms with Gasteiger partial charge in [-0.25, -0.2) is 0 Å². The van der Waals surface area contributed by atoms with E-state index in [1.165, 1.54) is 0 Å². The van der Waals surface area contributed by atoms with Gasteiger partial charge in [0.2, 0.25) is 5.91 Å². The number of carbonyl (C=O) groups excluding carboxylic acids is 1. The number of nitrogens with one attached hydrogen (secondary N) is 1. The maximum absolute atomic E-state index is 11.9. The monoisotopic (exact) mass is 285 g/mol. The summed E-state index contributed by atoms with van der Waals surface area (Å²) in [5.41, 5.74) is 0. The molecule has 0 aliphatic heterocycles. The molecule has 18 heavy (non-hydrogen) atoms. The quantitative estimate of drug-likeness (QED) is 0.797. The summed E-state index contributed by atoms with van der Waals surface area (Å²) in [5.74, 6) is 0.0934. The van der Waals surface area contributed by atoms with Crippen molar-refractivity contribution < 1.29 is 4.79 Å². The van der Waals surface area contributed by atoms with Crippen LogP contribution in [0.1, 0.15) is 33.6 Å². The summed E-state index contributed by atoms with van der Waals surface area (Å²) in [4.78, 5) is 13.0. The zero-order chi connectivity index (χ0) is 13.5. The van der Waals surface area contributed by atoms with Crippen LogP contribution in [0.25, 0.3) is 0 Å². The lowest BCUT2D eigenvalue weighted by atomic mass is 10.2. The number of thioether (sulfide) groups is 1. The third kappa shape index (κ3) is 5.32. The summed E-state index contributed by atoms with van der Waals surface area (Å²) < 4.78 is 0. The van der Waals surface area contributed by atoms with Crippen LogP contribution in [0, 0.1) is 0 Å². The van der Waals surface area contributed by atoms with Gasteiger partial charge in [-0.05, 0) is 44.5 Å². The lowest BCUT2D eigenvalue weighted by Crippen LogP contribution is -2.37. The standard InChI is InChI=1S/C14H20ClNOS/c1-4-5-10(2)16-14(17)11(3)18-13-8-6-12(15)7-9-13/h6-11H,4-5H2,1-3H3,(H,16,17)/t10-,11+/m0/s1. The predicted molar refractivity (Wildman–Crippen MR) is 79.3 cm³/mol. The van der Waals surface area contributed by atoms with Gasteiger partial charge in [0.25, 0.3) is 0 Å². The van der Waals surface area contributed by atoms with Gasteiger partial charge in [0.05, 0.1) is 5.25 Å². The maximum Gasteiger partial charge on any atom is 0.233 e. The molecule has 100 valence electrons. The number of halogens is 1. The second-order valence-electron chi connectivity index (χ2n) is 4.41. The lowest BCUT2D eigenvalue weighted by Gasteiger charge is -2.16. The highest BCUT2D eigenvalue weighted by Gasteiger charge is 2.15. The Bertz CT molecular complexity index is 380. The molecule has 1 N–H and O–H groups in total. The van der Waals surface area contributed by atoms with Crippen molar-refractivity contribution in [1.29, 1.82) is 0 Å². The fraction of sp³-hybridized carbons (Fsp3) is 0.500. The molecule has 1 aromatic rings. The number of carbonyl (C=O) groups is 1. The molecule has 1 rings (SSSR count). The topological polar surface area (TPSA) is 29.1 Å². The molecule has 1 aromatic carbocycles. The first-order valence-electron chi connectivity index (χ1n) is 6.25. The van der Waals surface area contributed by atoms with Gasteiger partial charge in [0.1, 0.15) is 0 Å². The van der Waals surface area contributed by atoms with Crippen molar-refractivity contribution in [2.45, 2.75) is 49.8 Å². The molecule has 0 saturated carbocycles. The molecule has 0 radical (unpaired) electrons. The Morgan fingerprint density at radius 3 is 2.50 bits per heavy atom. The van der Waals surface area contributed by atoms with Crippen LogP contribution in [0.4, 0.5) is 0 Å². The van der Waals surface area contributed by atoms with Crippen LogP contribution in [-0.4, -0.2) is 17.2 Å². The summed E-state index contributed by atoms with van der Waals surface area (Å²) in [6.07, 6.45) is 2.10. The largest absolute Gasteiger partial charge is 0.353 e. The number of hydrogen-bond acceptors (Lipinski definition) is 2. The molecule has 4 heteroatoms. The van der Waals surface area contributed by atoms with Crippen LogP contribution < -0.4 is 5.32 Å². The number of rotatable bonds is 6. The molecule has 2 atom stereocenters. The average molecular weight is 286 g/mol. The summed E-state index contributed by atoms with van der Waals surface area (Å²) in [5, 5.41) is 3.65. The third-order valence-electron chi connectivity index (χ3n) is 2.61. The predicted octanol–water partition coefficient (Wildman–Crippen LogP) is 4.13. The highest BCUT2D eigenvalue weighted by atomic mass is 35.5. The van der Waals surface area contributed by atoms with Crippen LogP contribution >= 0.6 is 23.4 Å². The summed E-state index contributed by atoms with van der Waals surface area (Å²) in [6, 6.07) is 7.80. The highest BCUT2D eigenvalue weighted by molar-refractivity contribution is 8.00. The summed E-state index contributed by atoms with van der Waals surface area (Å²) in [7, 11) is 0. The zero-order valence-corrected chi connectivity index (χ0v) is 12.6. The molecular formula is C14H20ClNOS. The molecule has 0 aliphatic rings. The van der Waals surface area contributed by atoms with E-state index in [2.05, 4.69) is 12.2 Å². The first-order chi connectivity index (χ1) is 8.52. The van der Waals surface area contributed by atoms with E-state index in [1.54, 1.807) is 11.8 Å². The molecule has 0 aliphatic carbocycles. The van der Waals surface area contributed by atoms with Crippen molar-refractivity contribution in [3.63, 3.8) is 0 Å². The van der Waals surface area contributed by atoms with E-state index >= 15 is 0 Å². The maximum atomic E-state index is 11.9. The molecular weight excluding hydrogens is 266 g/mol. The van der Waals surface area contributed by atoms with Gasteiger partial charge in [0.15, 0.2) is 0 Å². The normalized spacial score (nSPS) is 14.0. The minimum absolute atomic E-state index is 0.0921. The number of amides is 1. The Hall–Kier alpha value is -0.670. The Morgan fingerprint density at radius 1 is 1.33 bits per heavy atom. The Balaban J connectivity index is 2.46. The SMILES string of the molecule is CCC[C@H](C)NC(=O)[C@@H](C)Sc1ccc(Cl)cc1. The molecule has 0 aromatic heterocycles. The van der Waals surface area contributed by atoms with Crippen LogP contribution in [0.15, 0.2) is 29.2 Å². The van der Waals surface area contributed by atoms with Crippen LogP contribution in [0.5, 0.6) is 0 Å². The Kier molecular flexibility index (Phi) is 6.58. The van der Waals surface area contributed by atoms with E-state index in [0.717, 1.165) is 17.7 Å². The first kappa shape index (κ1) is 15.4. The molecule has 0 saturated heterocycles. The smallest absolute Gasteiger partial charge is 0.233 e. The van der Waals surface area contributed by atoms with Gasteiger partial charge < -0.3 is 5.32 Å². The second kappa shape index (κ2) is 7.70. The minimum atomic E-state index is -0.0921. The summed E-state index contributed by atoms with van der Waals surface area (Å²) in [6.45, 7) is 6.09. The molecule has 0 unspecified atom stereocenters. The van der Waals surface area contributed by atoms with Gasteiger partial charge in [0, 0.05) is 16.0 Å². The van der Waals surface area contributed by atoms with Crippen molar-refractivity contribution >= 4 is 29.3 Å². The first-order valence-corrected chi connectivity index (χ1v) is 7.51. The second-order valence-corrected chi connectivity index (χ2v) is 6.26. The number of hydrogen-bond donors (Lipinski definition) is 1. The molecule has 0 spiro atoms. The van der Waals surface area contributed by atoms with Crippen molar-refractivity contribution in [2.24, 2.45) is 0 Å². The van der Waals surface area contributed by atoms with Gasteiger partial charge >= 0.3 is 0 Å². The van der Waals surface area contributed by atoms with Crippen LogP contribution in [0.3, 0.4) is 0 Å². The lowest BCUT2D eigenvalue weighted by molar-refractivity contribution is -0.120. The number of benzene rings is 1. The molecule has 0 fully saturated rings. The molecule has 2 nitrogen and oxygen atoms in total. The molecule has 0 bridgehead atoms. The Labute approximate surface area is 118 Å². The highest BCUT2D eigenvalue weighted by Crippen LogP contribution is 2.24. The summed E-state index contributed by atoms with van der Waals surface area (Å²) >= 11 is 7.38. The van der Waals surface area contributed by atoms with Crippen molar-refractivity contribution in [3.05, 3.63) is 29.3 Å². The van der Waals surface area contributed by atoms with Crippen molar-refractivity contribution in [2.75, 3.05) is 0 Å². The van der Waals surface area contributed by atoms with E-state index < -0.39 is 0 Å². The van der Waals surface area contributed by atoms with E-state index in [9.17, 15) is 4.79 Å². The Morgan fingerprint density at radius 2 is 1.94 bits per heavy atom. The van der Waals surface area contributed by atoms with Crippen molar-refractivity contribution in [1.82, 2.24) is 5.32 Å². The molecule has 1 amide bonds. The third-order valence-corrected chi connectivity index (χ3v) is 3.97.